The van der Waals surface area contributed by atoms with E-state index in [2.05, 4.69) is 30.9 Å². The molecule has 0 fully saturated rings. The molecule has 5 rings (SSSR count). The Hall–Kier alpha value is -3.94. The second-order valence-electron chi connectivity index (χ2n) is 9.07. The quantitative estimate of drug-likeness (QED) is 0.208. The van der Waals surface area contributed by atoms with E-state index in [0.717, 1.165) is 35.3 Å². The molecule has 0 amide bonds. The normalized spacial score (nSPS) is 11.4. The number of esters is 1. The van der Waals surface area contributed by atoms with Crippen molar-refractivity contribution in [3.05, 3.63) is 105 Å². The molecular weight excluding hydrogens is 496 g/mol. The third-order valence-electron chi connectivity index (χ3n) is 6.83. The van der Waals surface area contributed by atoms with Gasteiger partial charge in [0.15, 0.2) is 0 Å². The van der Waals surface area contributed by atoms with Crippen LogP contribution in [-0.4, -0.2) is 35.5 Å². The smallest absolute Gasteiger partial charge is 0.340 e. The van der Waals surface area contributed by atoms with E-state index in [9.17, 15) is 9.59 Å². The zero-order valence-electron chi connectivity index (χ0n) is 21.8. The van der Waals surface area contributed by atoms with Crippen LogP contribution >= 0.6 is 11.3 Å². The van der Waals surface area contributed by atoms with Crippen LogP contribution in [0.2, 0.25) is 0 Å². The van der Waals surface area contributed by atoms with Crippen LogP contribution in [0.5, 0.6) is 5.75 Å². The van der Waals surface area contributed by atoms with Gasteiger partial charge in [0.05, 0.1) is 28.5 Å². The zero-order valence-corrected chi connectivity index (χ0v) is 22.6. The topological polar surface area (TPSA) is 60.2 Å². The number of carbonyl (C=O) groups is 1. The fourth-order valence-electron chi connectivity index (χ4n) is 4.77. The van der Waals surface area contributed by atoms with Gasteiger partial charge in [-0.15, -0.1) is 11.3 Å². The van der Waals surface area contributed by atoms with Gasteiger partial charge in [0.25, 0.3) is 5.56 Å². The minimum Gasteiger partial charge on any atom is -0.496 e. The van der Waals surface area contributed by atoms with E-state index in [1.165, 1.54) is 16.9 Å². The molecule has 0 spiro atoms. The highest BCUT2D eigenvalue weighted by molar-refractivity contribution is 7.18. The number of para-hydroxylation sites is 1. The summed E-state index contributed by atoms with van der Waals surface area (Å²) in [6.07, 6.45) is 1.72. The van der Waals surface area contributed by atoms with E-state index in [0.29, 0.717) is 28.0 Å². The molecule has 0 saturated carbocycles. The first-order valence-electron chi connectivity index (χ1n) is 12.7. The molecule has 194 valence electrons. The monoisotopic (exact) mass is 526 g/mol. The molecule has 5 aromatic rings. The number of carbonyl (C=O) groups excluding carboxylic acids is 1. The first-order valence-corrected chi connectivity index (χ1v) is 13.6. The Morgan fingerprint density at radius 2 is 1.74 bits per heavy atom. The van der Waals surface area contributed by atoms with Crippen molar-refractivity contribution >= 4 is 32.9 Å². The number of thiophene rings is 1. The number of rotatable bonds is 9. The van der Waals surface area contributed by atoms with Crippen LogP contribution in [0.15, 0.2) is 83.1 Å². The number of hydrogen-bond acceptors (Lipinski definition) is 6. The maximum atomic E-state index is 13.6. The summed E-state index contributed by atoms with van der Waals surface area (Å²) < 4.78 is 13.8. The van der Waals surface area contributed by atoms with Gasteiger partial charge in [-0.3, -0.25) is 14.1 Å². The van der Waals surface area contributed by atoms with Gasteiger partial charge in [-0.2, -0.15) is 0 Å². The molecule has 0 N–H and O–H groups in total. The summed E-state index contributed by atoms with van der Waals surface area (Å²) in [5, 5.41) is 2.93. The summed E-state index contributed by atoms with van der Waals surface area (Å²) in [7, 11) is 1.57. The molecule has 0 aliphatic carbocycles. The molecule has 0 unspecified atom stereocenters. The molecule has 0 saturated heterocycles. The summed E-state index contributed by atoms with van der Waals surface area (Å²) >= 11 is 1.50. The molecule has 0 aliphatic heterocycles. The van der Waals surface area contributed by atoms with Crippen molar-refractivity contribution in [1.82, 2.24) is 9.30 Å². The van der Waals surface area contributed by atoms with Crippen LogP contribution in [-0.2, 0) is 17.9 Å². The average molecular weight is 527 g/mol. The highest BCUT2D eigenvalue weighted by Crippen LogP contribution is 2.32. The van der Waals surface area contributed by atoms with Crippen molar-refractivity contribution in [2.45, 2.75) is 27.0 Å². The van der Waals surface area contributed by atoms with Crippen molar-refractivity contribution in [3.63, 3.8) is 0 Å². The Labute approximate surface area is 225 Å². The maximum absolute atomic E-state index is 13.6. The van der Waals surface area contributed by atoms with E-state index in [4.69, 9.17) is 9.47 Å². The lowest BCUT2D eigenvalue weighted by atomic mass is 10.0. The third-order valence-corrected chi connectivity index (χ3v) is 7.76. The molecule has 7 heteroatoms. The summed E-state index contributed by atoms with van der Waals surface area (Å²) in [5.74, 6) is 0.0831. The molecule has 3 aromatic heterocycles. The molecule has 3 heterocycles. The van der Waals surface area contributed by atoms with Gasteiger partial charge < -0.3 is 9.47 Å². The summed E-state index contributed by atoms with van der Waals surface area (Å²) in [4.78, 5) is 29.6. The van der Waals surface area contributed by atoms with E-state index in [-0.39, 0.29) is 12.2 Å². The third kappa shape index (κ3) is 4.95. The van der Waals surface area contributed by atoms with E-state index < -0.39 is 5.97 Å². The maximum Gasteiger partial charge on any atom is 0.340 e. The molecule has 0 bridgehead atoms. The number of ether oxygens (including phenoxy) is 2. The average Bonchev–Trinajstić information content (AvgIpc) is 3.44. The number of nitrogens with zero attached hydrogens (tertiary/aromatic N) is 2. The molecule has 6 nitrogen and oxygen atoms in total. The van der Waals surface area contributed by atoms with Gasteiger partial charge in [0.1, 0.15) is 12.4 Å². The summed E-state index contributed by atoms with van der Waals surface area (Å²) in [6, 6.07) is 21.0. The summed E-state index contributed by atoms with van der Waals surface area (Å²) in [6.45, 7) is 7.23. The SMILES string of the molecule is CCN(CC)Cc1cccc(COC(=O)c2cc(-c3ccccc3OC)c(=O)n3ccc4ccsc4c23)c1. The molecule has 0 radical (unpaired) electrons. The predicted octanol–water partition coefficient (Wildman–Crippen LogP) is 6.39. The van der Waals surface area contributed by atoms with Gasteiger partial charge in [-0.1, -0.05) is 56.3 Å². The Bertz CT molecular complexity index is 1670. The molecule has 2 aromatic carbocycles. The molecule has 38 heavy (non-hydrogen) atoms. The van der Waals surface area contributed by atoms with Crippen LogP contribution in [0.25, 0.3) is 26.7 Å². The molecule has 0 aliphatic rings. The zero-order chi connectivity index (χ0) is 26.6. The lowest BCUT2D eigenvalue weighted by molar-refractivity contribution is 0.0474. The van der Waals surface area contributed by atoms with Crippen molar-refractivity contribution < 1.29 is 14.3 Å². The van der Waals surface area contributed by atoms with Crippen molar-refractivity contribution in [2.24, 2.45) is 0 Å². The molecule has 0 atom stereocenters. The highest BCUT2D eigenvalue weighted by atomic mass is 32.1. The van der Waals surface area contributed by atoms with Gasteiger partial charge in [-0.25, -0.2) is 4.79 Å². The number of benzene rings is 2. The second-order valence-corrected chi connectivity index (χ2v) is 9.99. The largest absolute Gasteiger partial charge is 0.496 e. The fourth-order valence-corrected chi connectivity index (χ4v) is 5.72. The lowest BCUT2D eigenvalue weighted by Crippen LogP contribution is -2.22. The van der Waals surface area contributed by atoms with Gasteiger partial charge in [-0.05, 0) is 59.2 Å². The number of methoxy groups -OCH3 is 1. The standard InChI is InChI=1S/C31H30N2O4S/c1-4-32(5-2)19-21-9-8-10-22(17-21)20-37-31(35)26-18-25(24-11-6-7-12-27(24)36-3)30(34)33-15-13-23-14-16-38-29(23)28(26)33/h6-18H,4-5,19-20H2,1-3H3. The van der Waals surface area contributed by atoms with Crippen LogP contribution in [0.1, 0.15) is 35.3 Å². The van der Waals surface area contributed by atoms with Gasteiger partial charge in [0, 0.05) is 18.3 Å². The van der Waals surface area contributed by atoms with Gasteiger partial charge >= 0.3 is 5.97 Å². The minimum atomic E-state index is -0.478. The first-order chi connectivity index (χ1) is 18.5. The number of hydrogen-bond donors (Lipinski definition) is 0. The lowest BCUT2D eigenvalue weighted by Gasteiger charge is -2.18. The molecular formula is C31H30N2O4S. The van der Waals surface area contributed by atoms with Crippen molar-refractivity contribution in [1.29, 1.82) is 0 Å². The summed E-state index contributed by atoms with van der Waals surface area (Å²) in [5.41, 5.74) is 3.78. The van der Waals surface area contributed by atoms with Crippen LogP contribution < -0.4 is 10.3 Å². The van der Waals surface area contributed by atoms with Crippen LogP contribution in [0.4, 0.5) is 0 Å². The first kappa shape index (κ1) is 25.7. The Morgan fingerprint density at radius 1 is 0.947 bits per heavy atom. The van der Waals surface area contributed by atoms with E-state index in [1.807, 2.05) is 47.8 Å². The van der Waals surface area contributed by atoms with Crippen molar-refractivity contribution in [3.8, 4) is 16.9 Å². The minimum absolute atomic E-state index is 0.140. The second kappa shape index (κ2) is 11.2. The highest BCUT2D eigenvalue weighted by Gasteiger charge is 2.21. The van der Waals surface area contributed by atoms with E-state index >= 15 is 0 Å². The Morgan fingerprint density at radius 3 is 2.53 bits per heavy atom. The van der Waals surface area contributed by atoms with Gasteiger partial charge in [0.2, 0.25) is 0 Å². The Kier molecular flexibility index (Phi) is 7.58. The number of pyridine rings is 2. The predicted molar refractivity (Wildman–Crippen MR) is 153 cm³/mol. The fraction of sp³-hybridized carbons (Fsp3) is 0.226. The van der Waals surface area contributed by atoms with Crippen LogP contribution in [0.3, 0.4) is 0 Å². The van der Waals surface area contributed by atoms with Crippen LogP contribution in [0, 0.1) is 0 Å². The Balaban J connectivity index is 1.55. The number of aromatic nitrogens is 1. The van der Waals surface area contributed by atoms with E-state index in [1.54, 1.807) is 29.8 Å². The number of fused-ring (bicyclic) bond motifs is 3. The van der Waals surface area contributed by atoms with Crippen molar-refractivity contribution in [2.75, 3.05) is 20.2 Å².